The van der Waals surface area contributed by atoms with Gasteiger partial charge in [0.2, 0.25) is 5.91 Å². The van der Waals surface area contributed by atoms with Crippen LogP contribution in [0.15, 0.2) is 48.5 Å². The molecule has 154 valence electrons. The van der Waals surface area contributed by atoms with Crippen LogP contribution in [0.1, 0.15) is 36.2 Å². The van der Waals surface area contributed by atoms with Gasteiger partial charge in [0.25, 0.3) is 0 Å². The molecule has 0 aliphatic heterocycles. The maximum absolute atomic E-state index is 12.1. The van der Waals surface area contributed by atoms with Crippen LogP contribution in [0.2, 0.25) is 0 Å². The largest absolute Gasteiger partial charge is 0.493 e. The Hall–Kier alpha value is -3.28. The number of methoxy groups -OCH3 is 2. The fourth-order valence-corrected chi connectivity index (χ4v) is 2.48. The van der Waals surface area contributed by atoms with Crippen LogP contribution in [0.25, 0.3) is 6.08 Å². The van der Waals surface area contributed by atoms with E-state index in [1.165, 1.54) is 13.2 Å². The van der Waals surface area contributed by atoms with E-state index in [1.54, 1.807) is 37.5 Å². The molecule has 2 aromatic carbocycles. The van der Waals surface area contributed by atoms with Gasteiger partial charge in [-0.25, -0.2) is 4.79 Å². The van der Waals surface area contributed by atoms with Crippen molar-refractivity contribution in [2.24, 2.45) is 5.92 Å². The third-order valence-corrected chi connectivity index (χ3v) is 4.14. The van der Waals surface area contributed by atoms with E-state index in [1.807, 2.05) is 18.2 Å². The number of nitrogens with one attached hydrogen (secondary N) is 1. The minimum atomic E-state index is -0.423. The van der Waals surface area contributed by atoms with Crippen molar-refractivity contribution in [1.82, 2.24) is 0 Å². The molecule has 0 bridgehead atoms. The smallest absolute Gasteiger partial charge is 0.337 e. The summed E-state index contributed by atoms with van der Waals surface area (Å²) in [6, 6.07) is 12.0. The van der Waals surface area contributed by atoms with E-state index < -0.39 is 5.97 Å². The summed E-state index contributed by atoms with van der Waals surface area (Å²) >= 11 is 0. The predicted octanol–water partition coefficient (Wildman–Crippen LogP) is 4.56. The fourth-order valence-electron chi connectivity index (χ4n) is 2.48. The van der Waals surface area contributed by atoms with Crippen LogP contribution in [0.4, 0.5) is 5.69 Å². The zero-order valence-corrected chi connectivity index (χ0v) is 17.2. The monoisotopic (exact) mass is 397 g/mol. The summed E-state index contributed by atoms with van der Waals surface area (Å²) in [5, 5.41) is 2.74. The summed E-state index contributed by atoms with van der Waals surface area (Å²) in [4.78, 5) is 23.6. The highest BCUT2D eigenvalue weighted by atomic mass is 16.5. The summed E-state index contributed by atoms with van der Waals surface area (Å²) in [5.41, 5.74) is 1.82. The summed E-state index contributed by atoms with van der Waals surface area (Å²) in [5.74, 6) is 1.16. The number of rotatable bonds is 9. The molecule has 0 spiro atoms. The summed E-state index contributed by atoms with van der Waals surface area (Å²) in [7, 11) is 2.91. The first-order valence-corrected chi connectivity index (χ1v) is 9.41. The molecule has 0 aliphatic carbocycles. The molecule has 0 unspecified atom stereocenters. The summed E-state index contributed by atoms with van der Waals surface area (Å²) in [6.45, 7) is 4.92. The third kappa shape index (κ3) is 6.99. The molecule has 0 aliphatic rings. The topological polar surface area (TPSA) is 73.9 Å². The average molecular weight is 397 g/mol. The number of anilines is 1. The Balaban J connectivity index is 1.97. The number of carbonyl (C=O) groups excluding carboxylic acids is 2. The first-order valence-electron chi connectivity index (χ1n) is 9.41. The molecular weight excluding hydrogens is 370 g/mol. The quantitative estimate of drug-likeness (QED) is 0.496. The molecule has 6 nitrogen and oxygen atoms in total. The average Bonchev–Trinajstić information content (AvgIpc) is 2.72. The Morgan fingerprint density at radius 1 is 1.03 bits per heavy atom. The molecular formula is C23H27NO5. The van der Waals surface area contributed by atoms with Gasteiger partial charge in [0, 0.05) is 11.8 Å². The van der Waals surface area contributed by atoms with Crippen molar-refractivity contribution >= 4 is 23.6 Å². The maximum Gasteiger partial charge on any atom is 0.337 e. The van der Waals surface area contributed by atoms with Crippen molar-refractivity contribution in [3.8, 4) is 11.5 Å². The van der Waals surface area contributed by atoms with Crippen LogP contribution in [0, 0.1) is 5.92 Å². The molecule has 0 aromatic heterocycles. The van der Waals surface area contributed by atoms with Crippen LogP contribution in [-0.2, 0) is 9.53 Å². The van der Waals surface area contributed by atoms with Gasteiger partial charge in [-0.05, 0) is 60.4 Å². The number of hydrogen-bond acceptors (Lipinski definition) is 5. The molecule has 1 amide bonds. The Morgan fingerprint density at radius 3 is 2.38 bits per heavy atom. The molecule has 2 aromatic rings. The number of hydrogen-bond donors (Lipinski definition) is 1. The van der Waals surface area contributed by atoms with E-state index >= 15 is 0 Å². The molecule has 6 heteroatoms. The highest BCUT2D eigenvalue weighted by Gasteiger charge is 2.07. The highest BCUT2D eigenvalue weighted by molar-refractivity contribution is 6.02. The maximum atomic E-state index is 12.1. The van der Waals surface area contributed by atoms with E-state index in [-0.39, 0.29) is 5.91 Å². The van der Waals surface area contributed by atoms with E-state index in [0.717, 1.165) is 12.0 Å². The standard InChI is InChI=1S/C23H27NO5/c1-16(2)13-14-29-20-11-5-17(15-21(20)27-3)6-12-22(25)24-19-9-7-18(8-10-19)23(26)28-4/h5-12,15-16H,13-14H2,1-4H3,(H,24,25)/b12-6+. The Bertz CT molecular complexity index is 856. The first-order chi connectivity index (χ1) is 13.9. The molecule has 0 fully saturated rings. The van der Waals surface area contributed by atoms with E-state index in [0.29, 0.717) is 35.3 Å². The Labute approximate surface area is 171 Å². The second-order valence-corrected chi connectivity index (χ2v) is 6.83. The van der Waals surface area contributed by atoms with Crippen molar-refractivity contribution in [2.45, 2.75) is 20.3 Å². The van der Waals surface area contributed by atoms with Crippen molar-refractivity contribution < 1.29 is 23.8 Å². The van der Waals surface area contributed by atoms with Crippen molar-refractivity contribution in [1.29, 1.82) is 0 Å². The molecule has 29 heavy (non-hydrogen) atoms. The second kappa shape index (κ2) is 10.9. The highest BCUT2D eigenvalue weighted by Crippen LogP contribution is 2.29. The van der Waals surface area contributed by atoms with Gasteiger partial charge in [-0.1, -0.05) is 19.9 Å². The van der Waals surface area contributed by atoms with Gasteiger partial charge in [-0.3, -0.25) is 4.79 Å². The molecule has 0 heterocycles. The van der Waals surface area contributed by atoms with Gasteiger partial charge in [0.1, 0.15) is 0 Å². The van der Waals surface area contributed by atoms with Gasteiger partial charge in [-0.15, -0.1) is 0 Å². The Kier molecular flexibility index (Phi) is 8.27. The van der Waals surface area contributed by atoms with Gasteiger partial charge >= 0.3 is 5.97 Å². The minimum Gasteiger partial charge on any atom is -0.493 e. The van der Waals surface area contributed by atoms with E-state index in [4.69, 9.17) is 9.47 Å². The first kappa shape index (κ1) is 22.0. The van der Waals surface area contributed by atoms with Crippen LogP contribution < -0.4 is 14.8 Å². The van der Waals surface area contributed by atoms with Crippen LogP contribution >= 0.6 is 0 Å². The summed E-state index contributed by atoms with van der Waals surface area (Å²) in [6.07, 6.45) is 4.09. The van der Waals surface area contributed by atoms with Crippen molar-refractivity contribution in [3.63, 3.8) is 0 Å². The third-order valence-electron chi connectivity index (χ3n) is 4.14. The predicted molar refractivity (Wildman–Crippen MR) is 113 cm³/mol. The minimum absolute atomic E-state index is 0.285. The number of carbonyl (C=O) groups is 2. The lowest BCUT2D eigenvalue weighted by Gasteiger charge is -2.12. The van der Waals surface area contributed by atoms with Crippen molar-refractivity contribution in [2.75, 3.05) is 26.1 Å². The van der Waals surface area contributed by atoms with Gasteiger partial charge in [0.15, 0.2) is 11.5 Å². The molecule has 0 atom stereocenters. The van der Waals surface area contributed by atoms with Crippen LogP contribution in [-0.4, -0.2) is 32.7 Å². The van der Waals surface area contributed by atoms with Crippen LogP contribution in [0.5, 0.6) is 11.5 Å². The second-order valence-electron chi connectivity index (χ2n) is 6.83. The molecule has 0 saturated heterocycles. The molecule has 0 saturated carbocycles. The lowest BCUT2D eigenvalue weighted by atomic mass is 10.1. The van der Waals surface area contributed by atoms with E-state index in [9.17, 15) is 9.59 Å². The SMILES string of the molecule is COC(=O)c1ccc(NC(=O)/C=C/c2ccc(OCCC(C)C)c(OC)c2)cc1. The lowest BCUT2D eigenvalue weighted by molar-refractivity contribution is -0.111. The fraction of sp³-hybridized carbons (Fsp3) is 0.304. The normalized spacial score (nSPS) is 10.8. The van der Waals surface area contributed by atoms with Gasteiger partial charge in [0.05, 0.1) is 26.4 Å². The lowest BCUT2D eigenvalue weighted by Crippen LogP contribution is -2.08. The van der Waals surface area contributed by atoms with Gasteiger partial charge in [-0.2, -0.15) is 0 Å². The molecule has 0 radical (unpaired) electrons. The Morgan fingerprint density at radius 2 is 1.76 bits per heavy atom. The zero-order valence-electron chi connectivity index (χ0n) is 17.2. The van der Waals surface area contributed by atoms with Crippen LogP contribution in [0.3, 0.4) is 0 Å². The number of amides is 1. The summed E-state index contributed by atoms with van der Waals surface area (Å²) < 4.78 is 15.8. The number of ether oxygens (including phenoxy) is 3. The molecule has 2 rings (SSSR count). The zero-order chi connectivity index (χ0) is 21.2. The number of benzene rings is 2. The molecule has 1 N–H and O–H groups in total. The number of esters is 1. The van der Waals surface area contributed by atoms with Crippen molar-refractivity contribution in [3.05, 3.63) is 59.7 Å². The van der Waals surface area contributed by atoms with E-state index in [2.05, 4.69) is 23.9 Å². The van der Waals surface area contributed by atoms with Gasteiger partial charge < -0.3 is 19.5 Å².